The molecular weight excluding hydrogens is 308 g/mol. The highest BCUT2D eigenvalue weighted by Gasteiger charge is 2.24. The average Bonchev–Trinajstić information content (AvgIpc) is 2.41. The molecule has 98 valence electrons. The minimum absolute atomic E-state index is 0.292. The molecule has 0 radical (unpaired) electrons. The summed E-state index contributed by atoms with van der Waals surface area (Å²) in [6, 6.07) is 7.91. The Kier molecular flexibility index (Phi) is 6.04. The van der Waals surface area contributed by atoms with Gasteiger partial charge in [0, 0.05) is 21.5 Å². The van der Waals surface area contributed by atoms with Crippen LogP contribution in [0, 0.1) is 11.3 Å². The second-order valence-corrected chi connectivity index (χ2v) is 6.38. The Morgan fingerprint density at radius 1 is 1.39 bits per heavy atom. The summed E-state index contributed by atoms with van der Waals surface area (Å²) in [5, 5.41) is 12.3. The van der Waals surface area contributed by atoms with E-state index in [4.69, 9.17) is 5.26 Å². The summed E-state index contributed by atoms with van der Waals surface area (Å²) in [7, 11) is 0. The van der Waals surface area contributed by atoms with Crippen molar-refractivity contribution in [1.29, 1.82) is 5.26 Å². The Morgan fingerprint density at radius 3 is 2.50 bits per heavy atom. The smallest absolute Gasteiger partial charge is 0.100 e. The van der Waals surface area contributed by atoms with Crippen LogP contribution in [0.2, 0.25) is 0 Å². The molecule has 1 rings (SSSR count). The van der Waals surface area contributed by atoms with Crippen LogP contribution >= 0.6 is 27.7 Å². The summed E-state index contributed by atoms with van der Waals surface area (Å²) in [6.45, 7) is 5.41. The number of thioether (sulfide) groups is 1. The van der Waals surface area contributed by atoms with Gasteiger partial charge in [-0.05, 0) is 53.2 Å². The molecule has 0 unspecified atom stereocenters. The van der Waals surface area contributed by atoms with Gasteiger partial charge in [-0.1, -0.05) is 13.8 Å². The Balaban J connectivity index is 2.75. The monoisotopic (exact) mass is 326 g/mol. The quantitative estimate of drug-likeness (QED) is 0.826. The Morgan fingerprint density at radius 2 is 2.06 bits per heavy atom. The number of hydrogen-bond acceptors (Lipinski definition) is 3. The molecule has 4 heteroatoms. The molecule has 0 bridgehead atoms. The number of anilines is 1. The lowest BCUT2D eigenvalue weighted by molar-refractivity contribution is 0.575. The Bertz CT molecular complexity index is 428. The van der Waals surface area contributed by atoms with Gasteiger partial charge in [0.25, 0.3) is 0 Å². The minimum Gasteiger partial charge on any atom is -0.384 e. The van der Waals surface area contributed by atoms with Gasteiger partial charge in [-0.2, -0.15) is 17.0 Å². The number of hydrogen-bond donors (Lipinski definition) is 1. The van der Waals surface area contributed by atoms with E-state index in [2.05, 4.69) is 47.4 Å². The van der Waals surface area contributed by atoms with Crippen LogP contribution in [-0.4, -0.2) is 17.5 Å². The average molecular weight is 327 g/mol. The van der Waals surface area contributed by atoms with Crippen molar-refractivity contribution in [2.45, 2.75) is 31.4 Å². The van der Waals surface area contributed by atoms with E-state index < -0.39 is 0 Å². The molecule has 0 heterocycles. The van der Waals surface area contributed by atoms with Crippen molar-refractivity contribution in [2.75, 3.05) is 18.1 Å². The minimum atomic E-state index is 0.292. The highest BCUT2D eigenvalue weighted by atomic mass is 79.9. The van der Waals surface area contributed by atoms with Crippen molar-refractivity contribution in [3.8, 4) is 6.07 Å². The van der Waals surface area contributed by atoms with E-state index in [1.807, 2.05) is 30.0 Å². The third kappa shape index (κ3) is 3.66. The van der Waals surface area contributed by atoms with Gasteiger partial charge in [-0.25, -0.2) is 0 Å². The van der Waals surface area contributed by atoms with E-state index in [0.717, 1.165) is 29.5 Å². The molecule has 2 nitrogen and oxygen atoms in total. The van der Waals surface area contributed by atoms with Crippen LogP contribution in [0.25, 0.3) is 0 Å². The molecule has 0 saturated heterocycles. The van der Waals surface area contributed by atoms with Crippen LogP contribution in [0.5, 0.6) is 0 Å². The molecular formula is C14H19BrN2S. The van der Waals surface area contributed by atoms with Crippen molar-refractivity contribution in [3.63, 3.8) is 0 Å². The van der Waals surface area contributed by atoms with Gasteiger partial charge in [-0.15, -0.1) is 0 Å². The number of rotatable bonds is 6. The van der Waals surface area contributed by atoms with Crippen LogP contribution in [-0.2, 0) is 0 Å². The molecule has 0 aliphatic rings. The zero-order chi connectivity index (χ0) is 13.6. The summed E-state index contributed by atoms with van der Waals surface area (Å²) < 4.78 is 1.14. The molecule has 1 N–H and O–H groups in total. The first kappa shape index (κ1) is 15.4. The van der Waals surface area contributed by atoms with Crippen molar-refractivity contribution < 1.29 is 0 Å². The number of nitriles is 1. The first-order valence-electron chi connectivity index (χ1n) is 6.09. The van der Waals surface area contributed by atoms with Gasteiger partial charge in [0.2, 0.25) is 0 Å². The van der Waals surface area contributed by atoms with E-state index in [9.17, 15) is 0 Å². The second-order valence-electron chi connectivity index (χ2n) is 4.25. The summed E-state index contributed by atoms with van der Waals surface area (Å²) in [6.07, 6.45) is 4.47. The van der Waals surface area contributed by atoms with E-state index in [1.54, 1.807) is 0 Å². The van der Waals surface area contributed by atoms with Gasteiger partial charge in [0.1, 0.15) is 6.07 Å². The molecule has 1 aromatic rings. The summed E-state index contributed by atoms with van der Waals surface area (Å²) in [5.41, 5.74) is 1.73. The van der Waals surface area contributed by atoms with Crippen LogP contribution in [0.4, 0.5) is 5.69 Å². The van der Waals surface area contributed by atoms with Gasteiger partial charge < -0.3 is 5.32 Å². The van der Waals surface area contributed by atoms with E-state index in [0.29, 0.717) is 10.3 Å². The fourth-order valence-electron chi connectivity index (χ4n) is 1.84. The normalized spacial score (nSPS) is 11.1. The van der Waals surface area contributed by atoms with Crippen LogP contribution in [0.1, 0.15) is 32.3 Å². The summed E-state index contributed by atoms with van der Waals surface area (Å²) in [5.74, 6) is 0. The maximum Gasteiger partial charge on any atom is 0.100 e. The third-order valence-electron chi connectivity index (χ3n) is 3.43. The zero-order valence-corrected chi connectivity index (χ0v) is 13.5. The Hall–Kier alpha value is -0.660. The molecule has 0 aliphatic carbocycles. The maximum atomic E-state index is 8.88. The topological polar surface area (TPSA) is 35.8 Å². The first-order valence-corrected chi connectivity index (χ1v) is 8.11. The maximum absolute atomic E-state index is 8.88. The van der Waals surface area contributed by atoms with Crippen molar-refractivity contribution >= 4 is 33.4 Å². The van der Waals surface area contributed by atoms with Crippen molar-refractivity contribution in [2.24, 2.45) is 0 Å². The predicted octanol–water partition coefficient (Wildman–Crippen LogP) is 4.65. The molecule has 1 aromatic carbocycles. The molecule has 0 atom stereocenters. The van der Waals surface area contributed by atoms with Gasteiger partial charge >= 0.3 is 0 Å². The number of benzene rings is 1. The van der Waals surface area contributed by atoms with Gasteiger partial charge in [-0.3, -0.25) is 0 Å². The van der Waals surface area contributed by atoms with Crippen molar-refractivity contribution in [1.82, 2.24) is 0 Å². The van der Waals surface area contributed by atoms with Crippen LogP contribution in [0.15, 0.2) is 22.7 Å². The Labute approximate surface area is 122 Å². The highest BCUT2D eigenvalue weighted by Crippen LogP contribution is 2.31. The molecule has 0 saturated carbocycles. The number of halogens is 1. The van der Waals surface area contributed by atoms with E-state index in [1.165, 1.54) is 0 Å². The van der Waals surface area contributed by atoms with Crippen LogP contribution in [0.3, 0.4) is 0 Å². The van der Waals surface area contributed by atoms with Gasteiger partial charge in [0.05, 0.1) is 5.56 Å². The molecule has 0 fully saturated rings. The molecule has 0 spiro atoms. The van der Waals surface area contributed by atoms with Crippen LogP contribution < -0.4 is 5.32 Å². The number of nitrogens with one attached hydrogen (secondary N) is 1. The first-order chi connectivity index (χ1) is 8.60. The fourth-order valence-corrected chi connectivity index (χ4v) is 3.10. The SMILES string of the molecule is CCC(CC)(CNc1ccc(C#N)c(Br)c1)SC. The zero-order valence-electron chi connectivity index (χ0n) is 11.1. The fraction of sp³-hybridized carbons (Fsp3) is 0.500. The lowest BCUT2D eigenvalue weighted by Gasteiger charge is -2.30. The number of nitrogens with zero attached hydrogens (tertiary/aromatic N) is 1. The lowest BCUT2D eigenvalue weighted by Crippen LogP contribution is -2.31. The highest BCUT2D eigenvalue weighted by molar-refractivity contribution is 9.10. The van der Waals surface area contributed by atoms with E-state index in [-0.39, 0.29) is 0 Å². The van der Waals surface area contributed by atoms with E-state index >= 15 is 0 Å². The third-order valence-corrected chi connectivity index (χ3v) is 5.67. The second kappa shape index (κ2) is 7.06. The standard InChI is InChI=1S/C14H19BrN2S/c1-4-14(5-2,18-3)10-17-12-7-6-11(9-16)13(15)8-12/h6-8,17H,4-5,10H2,1-3H3. The van der Waals surface area contributed by atoms with Crippen molar-refractivity contribution in [3.05, 3.63) is 28.2 Å². The summed E-state index contributed by atoms with van der Waals surface area (Å²) >= 11 is 5.33. The molecule has 0 amide bonds. The predicted molar refractivity (Wildman–Crippen MR) is 84.2 cm³/mol. The summed E-state index contributed by atoms with van der Waals surface area (Å²) in [4.78, 5) is 0. The van der Waals surface area contributed by atoms with Gasteiger partial charge in [0.15, 0.2) is 0 Å². The molecule has 0 aromatic heterocycles. The molecule has 18 heavy (non-hydrogen) atoms. The largest absolute Gasteiger partial charge is 0.384 e. The lowest BCUT2D eigenvalue weighted by atomic mass is 10.0. The molecule has 0 aliphatic heterocycles.